The summed E-state index contributed by atoms with van der Waals surface area (Å²) in [5, 5.41) is 6.98. The minimum absolute atomic E-state index is 0.132. The van der Waals surface area contributed by atoms with Gasteiger partial charge in [0, 0.05) is 37.4 Å². The van der Waals surface area contributed by atoms with Crippen molar-refractivity contribution in [3.8, 4) is 11.4 Å². The Labute approximate surface area is 187 Å². The maximum atomic E-state index is 13.5. The van der Waals surface area contributed by atoms with Crippen molar-refractivity contribution in [1.29, 1.82) is 0 Å². The van der Waals surface area contributed by atoms with Gasteiger partial charge in [-0.2, -0.15) is 4.98 Å². The predicted molar refractivity (Wildman–Crippen MR) is 121 cm³/mol. The van der Waals surface area contributed by atoms with Crippen molar-refractivity contribution in [3.05, 3.63) is 65.3 Å². The molecule has 0 radical (unpaired) electrons. The molecule has 168 valence electrons. The minimum atomic E-state index is -0.362. The van der Waals surface area contributed by atoms with Gasteiger partial charge in [0.1, 0.15) is 5.82 Å². The zero-order chi connectivity index (χ0) is 22.7. The van der Waals surface area contributed by atoms with Gasteiger partial charge in [-0.1, -0.05) is 35.5 Å². The molecule has 1 aromatic heterocycles. The number of piperazine rings is 1. The molecule has 1 aliphatic heterocycles. The molecule has 0 saturated carbocycles. The lowest BCUT2D eigenvalue weighted by molar-refractivity contribution is -0.121. The van der Waals surface area contributed by atoms with Crippen LogP contribution in [0.2, 0.25) is 0 Å². The van der Waals surface area contributed by atoms with Gasteiger partial charge < -0.3 is 9.84 Å². The maximum absolute atomic E-state index is 13.5. The molecule has 1 atom stereocenters. The Morgan fingerprint density at radius 1 is 1.12 bits per heavy atom. The van der Waals surface area contributed by atoms with E-state index < -0.39 is 0 Å². The fourth-order valence-electron chi connectivity index (χ4n) is 3.88. The molecule has 2 heterocycles. The molecule has 1 N–H and O–H groups in total. The number of hydrogen-bond donors (Lipinski definition) is 1. The SMILES string of the molecule is Cc1ccc(F)cc1NC(=O)C(C)N1CCN(Cc2nc(-c3ccccc3C)no2)CC1. The second-order valence-electron chi connectivity index (χ2n) is 8.26. The number of aryl methyl sites for hydroxylation is 2. The summed E-state index contributed by atoms with van der Waals surface area (Å²) in [6.07, 6.45) is 0. The quantitative estimate of drug-likeness (QED) is 0.635. The first-order valence-electron chi connectivity index (χ1n) is 10.8. The van der Waals surface area contributed by atoms with Crippen LogP contribution in [0.25, 0.3) is 11.4 Å². The van der Waals surface area contributed by atoms with E-state index in [9.17, 15) is 9.18 Å². The number of hydrogen-bond acceptors (Lipinski definition) is 6. The van der Waals surface area contributed by atoms with Gasteiger partial charge >= 0.3 is 0 Å². The van der Waals surface area contributed by atoms with E-state index in [2.05, 4.69) is 25.3 Å². The molecule has 0 aliphatic carbocycles. The molecule has 32 heavy (non-hydrogen) atoms. The van der Waals surface area contributed by atoms with E-state index in [4.69, 9.17) is 4.52 Å². The van der Waals surface area contributed by atoms with Gasteiger partial charge in [0.2, 0.25) is 17.6 Å². The number of rotatable bonds is 6. The summed E-state index contributed by atoms with van der Waals surface area (Å²) >= 11 is 0. The first-order valence-corrected chi connectivity index (χ1v) is 10.8. The van der Waals surface area contributed by atoms with E-state index in [-0.39, 0.29) is 17.8 Å². The number of aromatic nitrogens is 2. The first kappa shape index (κ1) is 22.1. The van der Waals surface area contributed by atoms with Gasteiger partial charge in [0.15, 0.2) is 0 Å². The second kappa shape index (κ2) is 9.58. The monoisotopic (exact) mass is 437 g/mol. The third-order valence-electron chi connectivity index (χ3n) is 6.00. The van der Waals surface area contributed by atoms with Gasteiger partial charge in [0.05, 0.1) is 12.6 Å². The normalized spacial score (nSPS) is 16.1. The summed E-state index contributed by atoms with van der Waals surface area (Å²) in [4.78, 5) is 21.6. The summed E-state index contributed by atoms with van der Waals surface area (Å²) < 4.78 is 19.0. The Hall–Kier alpha value is -3.10. The van der Waals surface area contributed by atoms with E-state index in [1.54, 1.807) is 6.07 Å². The smallest absolute Gasteiger partial charge is 0.241 e. The van der Waals surface area contributed by atoms with Crippen molar-refractivity contribution in [2.75, 3.05) is 31.5 Å². The largest absolute Gasteiger partial charge is 0.338 e. The molecule has 1 aliphatic rings. The van der Waals surface area contributed by atoms with Crippen LogP contribution in [0.5, 0.6) is 0 Å². The topological polar surface area (TPSA) is 74.5 Å². The average Bonchev–Trinajstić information content (AvgIpc) is 3.24. The van der Waals surface area contributed by atoms with Crippen LogP contribution < -0.4 is 5.32 Å². The number of carbonyl (C=O) groups excluding carboxylic acids is 1. The van der Waals surface area contributed by atoms with Crippen molar-refractivity contribution < 1.29 is 13.7 Å². The number of amides is 1. The number of carbonyl (C=O) groups is 1. The molecule has 1 unspecified atom stereocenters. The summed E-state index contributed by atoms with van der Waals surface area (Å²) in [5.74, 6) is 0.699. The van der Waals surface area contributed by atoms with E-state index >= 15 is 0 Å². The average molecular weight is 438 g/mol. The van der Waals surface area contributed by atoms with Gasteiger partial charge in [0.25, 0.3) is 0 Å². The van der Waals surface area contributed by atoms with E-state index in [0.29, 0.717) is 23.9 Å². The molecule has 3 aromatic rings. The number of halogens is 1. The molecular weight excluding hydrogens is 409 g/mol. The third kappa shape index (κ3) is 5.03. The van der Waals surface area contributed by atoms with Gasteiger partial charge in [-0.3, -0.25) is 14.6 Å². The maximum Gasteiger partial charge on any atom is 0.241 e. The number of anilines is 1. The van der Waals surface area contributed by atoms with Crippen LogP contribution in [0, 0.1) is 19.7 Å². The van der Waals surface area contributed by atoms with Crippen molar-refractivity contribution in [3.63, 3.8) is 0 Å². The summed E-state index contributed by atoms with van der Waals surface area (Å²) in [6.45, 7) is 9.41. The molecule has 0 spiro atoms. The Balaban J connectivity index is 1.30. The Morgan fingerprint density at radius 3 is 2.62 bits per heavy atom. The zero-order valence-electron chi connectivity index (χ0n) is 18.6. The van der Waals surface area contributed by atoms with Crippen LogP contribution in [0.4, 0.5) is 10.1 Å². The van der Waals surface area contributed by atoms with Crippen LogP contribution in [0.15, 0.2) is 47.0 Å². The molecule has 1 amide bonds. The van der Waals surface area contributed by atoms with Crippen LogP contribution in [0.3, 0.4) is 0 Å². The molecule has 4 rings (SSSR count). The van der Waals surface area contributed by atoms with Gasteiger partial charge in [-0.15, -0.1) is 0 Å². The van der Waals surface area contributed by atoms with Crippen LogP contribution >= 0.6 is 0 Å². The third-order valence-corrected chi connectivity index (χ3v) is 6.00. The van der Waals surface area contributed by atoms with Crippen LogP contribution in [-0.2, 0) is 11.3 Å². The highest BCUT2D eigenvalue weighted by Gasteiger charge is 2.27. The lowest BCUT2D eigenvalue weighted by Crippen LogP contribution is -2.52. The second-order valence-corrected chi connectivity index (χ2v) is 8.26. The summed E-state index contributed by atoms with van der Waals surface area (Å²) in [6, 6.07) is 12.1. The van der Waals surface area contributed by atoms with Crippen molar-refractivity contribution >= 4 is 11.6 Å². The van der Waals surface area contributed by atoms with E-state index in [0.717, 1.165) is 42.9 Å². The molecule has 2 aromatic carbocycles. The first-order chi connectivity index (χ1) is 15.4. The number of nitrogens with zero attached hydrogens (tertiary/aromatic N) is 4. The van der Waals surface area contributed by atoms with Crippen LogP contribution in [0.1, 0.15) is 23.9 Å². The lowest BCUT2D eigenvalue weighted by atomic mass is 10.1. The lowest BCUT2D eigenvalue weighted by Gasteiger charge is -2.36. The minimum Gasteiger partial charge on any atom is -0.338 e. The fraction of sp³-hybridized carbons (Fsp3) is 0.375. The van der Waals surface area contributed by atoms with Crippen molar-refractivity contribution in [2.45, 2.75) is 33.4 Å². The van der Waals surface area contributed by atoms with E-state index in [1.165, 1.54) is 12.1 Å². The Morgan fingerprint density at radius 2 is 1.88 bits per heavy atom. The van der Waals surface area contributed by atoms with Crippen molar-refractivity contribution in [1.82, 2.24) is 19.9 Å². The Kier molecular flexibility index (Phi) is 6.62. The van der Waals surface area contributed by atoms with E-state index in [1.807, 2.05) is 45.0 Å². The highest BCUT2D eigenvalue weighted by Crippen LogP contribution is 2.21. The van der Waals surface area contributed by atoms with Gasteiger partial charge in [-0.05, 0) is 44.0 Å². The standard InChI is InChI=1S/C24H28FN5O2/c1-16-6-4-5-7-20(16)23-27-22(32-28-23)15-29-10-12-30(13-11-29)18(3)24(31)26-21-14-19(25)9-8-17(21)2/h4-9,14,18H,10-13,15H2,1-3H3,(H,26,31). The van der Waals surface area contributed by atoms with Crippen LogP contribution in [-0.4, -0.2) is 58.1 Å². The highest BCUT2D eigenvalue weighted by atomic mass is 19.1. The molecule has 1 saturated heterocycles. The van der Waals surface area contributed by atoms with Crippen molar-refractivity contribution in [2.24, 2.45) is 0 Å². The fourth-order valence-corrected chi connectivity index (χ4v) is 3.88. The number of nitrogens with one attached hydrogen (secondary N) is 1. The molecule has 1 fully saturated rings. The molecular formula is C24H28FN5O2. The number of benzene rings is 2. The Bertz CT molecular complexity index is 1090. The molecule has 8 heteroatoms. The highest BCUT2D eigenvalue weighted by molar-refractivity contribution is 5.95. The predicted octanol–water partition coefficient (Wildman–Crippen LogP) is 3.64. The summed E-state index contributed by atoms with van der Waals surface area (Å²) in [5.41, 5.74) is 3.43. The summed E-state index contributed by atoms with van der Waals surface area (Å²) in [7, 11) is 0. The zero-order valence-corrected chi connectivity index (χ0v) is 18.6. The molecule has 0 bridgehead atoms. The molecule has 7 nitrogen and oxygen atoms in total. The van der Waals surface area contributed by atoms with Gasteiger partial charge in [-0.25, -0.2) is 4.39 Å².